The average molecular weight is 330 g/mol. The summed E-state index contributed by atoms with van der Waals surface area (Å²) in [7, 11) is 0. The van der Waals surface area contributed by atoms with Crippen LogP contribution in [0.2, 0.25) is 0 Å². The Hall–Kier alpha value is -1.89. The Bertz CT molecular complexity index is 795. The number of anilines is 1. The zero-order valence-corrected chi connectivity index (χ0v) is 14.7. The maximum atomic E-state index is 12.4. The van der Waals surface area contributed by atoms with E-state index < -0.39 is 0 Å². The van der Waals surface area contributed by atoms with E-state index in [2.05, 4.69) is 40.7 Å². The Labute approximate surface area is 141 Å². The van der Waals surface area contributed by atoms with Crippen molar-refractivity contribution in [1.29, 1.82) is 0 Å². The second-order valence-corrected chi connectivity index (χ2v) is 7.99. The molecule has 0 aliphatic carbocycles. The Morgan fingerprint density at radius 3 is 2.67 bits per heavy atom. The van der Waals surface area contributed by atoms with Crippen LogP contribution in [0.4, 0.5) is 5.95 Å². The average Bonchev–Trinajstić information content (AvgIpc) is 3.25. The predicted octanol–water partition coefficient (Wildman–Crippen LogP) is 1.55. The lowest BCUT2D eigenvalue weighted by Gasteiger charge is -2.24. The summed E-state index contributed by atoms with van der Waals surface area (Å²) in [5, 5.41) is 4.94. The number of nitrogens with one attached hydrogen (secondary N) is 1. The van der Waals surface area contributed by atoms with Gasteiger partial charge in [-0.15, -0.1) is 0 Å². The molecule has 130 valence electrons. The first-order valence-corrected chi connectivity index (χ1v) is 8.91. The number of hydrogen-bond donors (Lipinski definition) is 1. The van der Waals surface area contributed by atoms with Gasteiger partial charge in [0.05, 0.1) is 11.7 Å². The zero-order valence-electron chi connectivity index (χ0n) is 14.7. The van der Waals surface area contributed by atoms with Gasteiger partial charge in [-0.05, 0) is 53.1 Å². The molecule has 2 fully saturated rings. The molecule has 2 aliphatic rings. The maximum Gasteiger partial charge on any atom is 0.263 e. The van der Waals surface area contributed by atoms with Gasteiger partial charge < -0.3 is 4.90 Å². The second-order valence-electron chi connectivity index (χ2n) is 7.99. The number of hydrogen-bond acceptors (Lipinski definition) is 5. The largest absolute Gasteiger partial charge is 0.341 e. The van der Waals surface area contributed by atoms with Crippen LogP contribution in [0.3, 0.4) is 0 Å². The van der Waals surface area contributed by atoms with E-state index in [9.17, 15) is 4.79 Å². The molecule has 0 bridgehead atoms. The third-order valence-electron chi connectivity index (χ3n) is 5.18. The fourth-order valence-electron chi connectivity index (χ4n) is 3.89. The van der Waals surface area contributed by atoms with Gasteiger partial charge in [0.25, 0.3) is 5.56 Å². The van der Waals surface area contributed by atoms with E-state index in [1.54, 1.807) is 6.20 Å². The molecule has 1 N–H and O–H groups in total. The van der Waals surface area contributed by atoms with Crippen LogP contribution < -0.4 is 10.5 Å². The van der Waals surface area contributed by atoms with E-state index in [0.29, 0.717) is 23.0 Å². The fourth-order valence-corrected chi connectivity index (χ4v) is 3.89. The van der Waals surface area contributed by atoms with Crippen LogP contribution in [-0.2, 0) is 5.54 Å². The van der Waals surface area contributed by atoms with Crippen molar-refractivity contribution < 1.29 is 0 Å². The number of fused-ring (bicyclic) bond motifs is 1. The summed E-state index contributed by atoms with van der Waals surface area (Å²) in [5.74, 6) is 0.681. The van der Waals surface area contributed by atoms with E-state index in [1.165, 1.54) is 25.9 Å². The lowest BCUT2D eigenvalue weighted by molar-refractivity contribution is 0.260. The molecule has 0 amide bonds. The van der Waals surface area contributed by atoms with Crippen molar-refractivity contribution in [1.82, 2.24) is 24.6 Å². The van der Waals surface area contributed by atoms with Crippen molar-refractivity contribution in [3.63, 3.8) is 0 Å². The fraction of sp³-hybridized carbons (Fsp3) is 0.706. The number of H-pyrrole nitrogens is 1. The van der Waals surface area contributed by atoms with E-state index in [1.807, 2.05) is 4.68 Å². The van der Waals surface area contributed by atoms with E-state index in [0.717, 1.165) is 19.5 Å². The molecule has 2 aromatic heterocycles. The van der Waals surface area contributed by atoms with Crippen LogP contribution in [0.25, 0.3) is 11.0 Å². The molecule has 4 rings (SSSR count). The Kier molecular flexibility index (Phi) is 3.63. The van der Waals surface area contributed by atoms with Crippen molar-refractivity contribution >= 4 is 17.0 Å². The van der Waals surface area contributed by atoms with Crippen molar-refractivity contribution in [2.45, 2.75) is 51.6 Å². The molecule has 7 heteroatoms. The van der Waals surface area contributed by atoms with Crippen molar-refractivity contribution in [2.75, 3.05) is 31.1 Å². The minimum atomic E-state index is -0.205. The van der Waals surface area contributed by atoms with Gasteiger partial charge in [0, 0.05) is 19.1 Å². The summed E-state index contributed by atoms with van der Waals surface area (Å²) in [5.41, 5.74) is 0.365. The molecule has 1 atom stereocenters. The first-order valence-electron chi connectivity index (χ1n) is 8.91. The number of likely N-dealkylation sites (tertiary alicyclic amines) is 1. The molecule has 2 aliphatic heterocycles. The van der Waals surface area contributed by atoms with Crippen LogP contribution in [0.15, 0.2) is 11.0 Å². The highest BCUT2D eigenvalue weighted by Crippen LogP contribution is 2.24. The summed E-state index contributed by atoms with van der Waals surface area (Å²) in [4.78, 5) is 25.0. The normalized spacial score (nSPS) is 22.8. The molecule has 0 aromatic carbocycles. The van der Waals surface area contributed by atoms with Gasteiger partial charge in [-0.1, -0.05) is 0 Å². The van der Waals surface area contributed by atoms with Gasteiger partial charge >= 0.3 is 0 Å². The summed E-state index contributed by atoms with van der Waals surface area (Å²) >= 11 is 0. The SMILES string of the molecule is CC(C)(C)n1ncc2c(=O)[nH]c(N3CCC(N4CCCC4)C3)nc21. The van der Waals surface area contributed by atoms with E-state index in [-0.39, 0.29) is 11.1 Å². The van der Waals surface area contributed by atoms with Gasteiger partial charge in [0.15, 0.2) is 5.65 Å². The maximum absolute atomic E-state index is 12.4. The highest BCUT2D eigenvalue weighted by Gasteiger charge is 2.31. The smallest absolute Gasteiger partial charge is 0.263 e. The topological polar surface area (TPSA) is 70.1 Å². The highest BCUT2D eigenvalue weighted by atomic mass is 16.1. The molecule has 0 radical (unpaired) electrons. The predicted molar refractivity (Wildman–Crippen MR) is 94.6 cm³/mol. The van der Waals surface area contributed by atoms with E-state index >= 15 is 0 Å². The molecule has 0 spiro atoms. The molecule has 2 aromatic rings. The highest BCUT2D eigenvalue weighted by molar-refractivity contribution is 5.74. The zero-order chi connectivity index (χ0) is 16.9. The quantitative estimate of drug-likeness (QED) is 0.905. The monoisotopic (exact) mass is 330 g/mol. The van der Waals surface area contributed by atoms with Crippen LogP contribution in [0.1, 0.15) is 40.0 Å². The van der Waals surface area contributed by atoms with Crippen molar-refractivity contribution in [2.24, 2.45) is 0 Å². The minimum Gasteiger partial charge on any atom is -0.341 e. The molecule has 0 saturated carbocycles. The third-order valence-corrected chi connectivity index (χ3v) is 5.18. The van der Waals surface area contributed by atoms with Crippen LogP contribution in [0.5, 0.6) is 0 Å². The Morgan fingerprint density at radius 2 is 1.96 bits per heavy atom. The summed E-state index contributed by atoms with van der Waals surface area (Å²) in [6.45, 7) is 10.5. The molecular formula is C17H26N6O. The lowest BCUT2D eigenvalue weighted by atomic mass is 10.1. The van der Waals surface area contributed by atoms with Crippen molar-refractivity contribution in [3.8, 4) is 0 Å². The van der Waals surface area contributed by atoms with Crippen LogP contribution in [0, 0.1) is 0 Å². The molecule has 4 heterocycles. The number of aromatic nitrogens is 4. The summed E-state index contributed by atoms with van der Waals surface area (Å²) < 4.78 is 1.84. The second kappa shape index (κ2) is 5.58. The van der Waals surface area contributed by atoms with Crippen molar-refractivity contribution in [3.05, 3.63) is 16.6 Å². The molecular weight excluding hydrogens is 304 g/mol. The standard InChI is InChI=1S/C17H26N6O/c1-17(2,3)23-14-13(10-18-23)15(24)20-16(19-14)22-9-6-12(11-22)21-7-4-5-8-21/h10,12H,4-9,11H2,1-3H3,(H,19,20,24). The van der Waals surface area contributed by atoms with Gasteiger partial charge in [-0.25, -0.2) is 4.68 Å². The molecule has 1 unspecified atom stereocenters. The number of rotatable bonds is 2. The number of nitrogens with zero attached hydrogens (tertiary/aromatic N) is 5. The third kappa shape index (κ3) is 2.60. The number of aromatic amines is 1. The van der Waals surface area contributed by atoms with E-state index in [4.69, 9.17) is 4.98 Å². The van der Waals surface area contributed by atoms with Crippen LogP contribution in [-0.4, -0.2) is 56.9 Å². The molecule has 7 nitrogen and oxygen atoms in total. The van der Waals surface area contributed by atoms with Gasteiger partial charge in [-0.3, -0.25) is 14.7 Å². The van der Waals surface area contributed by atoms with Crippen LogP contribution >= 0.6 is 0 Å². The molecule has 2 saturated heterocycles. The first-order chi connectivity index (χ1) is 11.4. The first kappa shape index (κ1) is 15.6. The van der Waals surface area contributed by atoms with Gasteiger partial charge in [0.2, 0.25) is 5.95 Å². The van der Waals surface area contributed by atoms with Gasteiger partial charge in [-0.2, -0.15) is 10.1 Å². The Balaban J connectivity index is 1.66. The van der Waals surface area contributed by atoms with Gasteiger partial charge in [0.1, 0.15) is 5.39 Å². The minimum absolute atomic E-state index is 0.102. The summed E-state index contributed by atoms with van der Waals surface area (Å²) in [6, 6.07) is 0.584. The Morgan fingerprint density at radius 1 is 1.21 bits per heavy atom. The lowest BCUT2D eigenvalue weighted by Crippen LogP contribution is -2.36. The molecule has 24 heavy (non-hydrogen) atoms. The summed E-state index contributed by atoms with van der Waals surface area (Å²) in [6.07, 6.45) is 5.37.